The molecular weight excluding hydrogens is 769 g/mol. The number of esters is 2. The summed E-state index contributed by atoms with van der Waals surface area (Å²) in [4.78, 5) is 27.7. The molecule has 0 unspecified atom stereocenters. The van der Waals surface area contributed by atoms with E-state index in [9.17, 15) is 14.7 Å². The second-order valence-electron chi connectivity index (χ2n) is 19.3. The normalized spacial score (nSPS) is 11.7. The Kier molecular flexibility index (Phi) is 49.8. The average molecular weight is 879 g/mol. The van der Waals surface area contributed by atoms with Crippen molar-refractivity contribution in [3.8, 4) is 0 Å². The van der Waals surface area contributed by atoms with E-state index in [1.165, 1.54) is 180 Å². The Labute approximate surface area is 387 Å². The van der Waals surface area contributed by atoms with Gasteiger partial charge in [0, 0.05) is 26.0 Å². The number of unbranched alkanes of at least 4 members (excludes halogenated alkanes) is 25. The Morgan fingerprint density at radius 2 is 0.710 bits per heavy atom. The molecule has 0 saturated carbocycles. The molecule has 0 aliphatic rings. The molecule has 7 nitrogen and oxygen atoms in total. The van der Waals surface area contributed by atoms with Gasteiger partial charge in [0.25, 0.3) is 0 Å². The number of rotatable bonds is 52. The highest BCUT2D eigenvalue weighted by atomic mass is 16.5. The largest absolute Gasteiger partial charge is 0.465 e. The first kappa shape index (κ1) is 60.8. The summed E-state index contributed by atoms with van der Waals surface area (Å²) in [6, 6.07) is 0. The Morgan fingerprint density at radius 1 is 0.403 bits per heavy atom. The van der Waals surface area contributed by atoms with Gasteiger partial charge in [0.1, 0.15) is 0 Å². The van der Waals surface area contributed by atoms with Crippen molar-refractivity contribution in [1.82, 2.24) is 10.2 Å². The molecule has 0 heterocycles. The summed E-state index contributed by atoms with van der Waals surface area (Å²) in [5.74, 6) is 1.05. The Bertz CT molecular complexity index is 871. The number of hydrogen-bond acceptors (Lipinski definition) is 7. The fourth-order valence-corrected chi connectivity index (χ4v) is 8.86. The monoisotopic (exact) mass is 879 g/mol. The molecule has 0 bridgehead atoms. The molecule has 0 amide bonds. The van der Waals surface area contributed by atoms with E-state index in [2.05, 4.69) is 37.9 Å². The van der Waals surface area contributed by atoms with E-state index in [0.717, 1.165) is 90.5 Å². The third-order valence-corrected chi connectivity index (χ3v) is 13.1. The summed E-state index contributed by atoms with van der Waals surface area (Å²) in [5.41, 5.74) is 0. The SMILES string of the molecule is CCCCCCCCC(CCCCCCCC)COC(=O)CCCCCNCCCCN(CCCO)CCCCCC(=O)OCC(CCCCCCCC)CCCCCCCC. The first-order valence-corrected chi connectivity index (χ1v) is 27.9. The lowest BCUT2D eigenvalue weighted by atomic mass is 9.94. The maximum atomic E-state index is 12.7. The zero-order valence-electron chi connectivity index (χ0n) is 42.4. The molecule has 0 radical (unpaired) electrons. The minimum atomic E-state index is -0.00980. The van der Waals surface area contributed by atoms with Crippen LogP contribution < -0.4 is 5.32 Å². The van der Waals surface area contributed by atoms with E-state index in [1.807, 2.05) is 0 Å². The van der Waals surface area contributed by atoms with Gasteiger partial charge in [-0.2, -0.15) is 0 Å². The van der Waals surface area contributed by atoms with Crippen molar-refractivity contribution in [3.63, 3.8) is 0 Å². The van der Waals surface area contributed by atoms with Crippen molar-refractivity contribution in [3.05, 3.63) is 0 Å². The third-order valence-electron chi connectivity index (χ3n) is 13.1. The van der Waals surface area contributed by atoms with Gasteiger partial charge in [-0.05, 0) is 109 Å². The second kappa shape index (κ2) is 50.8. The number of nitrogens with one attached hydrogen (secondary N) is 1. The summed E-state index contributed by atoms with van der Waals surface area (Å²) in [7, 11) is 0. The zero-order valence-corrected chi connectivity index (χ0v) is 42.4. The van der Waals surface area contributed by atoms with E-state index in [1.54, 1.807) is 0 Å². The van der Waals surface area contributed by atoms with E-state index in [0.29, 0.717) is 37.9 Å². The van der Waals surface area contributed by atoms with Gasteiger partial charge >= 0.3 is 11.9 Å². The highest BCUT2D eigenvalue weighted by Gasteiger charge is 2.14. The standard InChI is InChI=1S/C55H110N2O5/c1-5-9-13-17-21-27-38-52(39-28-22-18-14-10-6-2)50-61-54(59)42-31-25-33-44-56-45-34-36-47-57(48-37-49-58)46-35-26-32-43-55(60)62-51-53(40-29-23-19-15-11-7-3)41-30-24-20-16-12-8-4/h52-53,56,58H,5-51H2,1-4H3. The molecule has 0 atom stereocenters. The van der Waals surface area contributed by atoms with Gasteiger partial charge in [-0.1, -0.05) is 195 Å². The predicted octanol–water partition coefficient (Wildman–Crippen LogP) is 15.5. The van der Waals surface area contributed by atoms with Crippen LogP contribution in [0.4, 0.5) is 0 Å². The van der Waals surface area contributed by atoms with Crippen molar-refractivity contribution >= 4 is 11.9 Å². The van der Waals surface area contributed by atoms with Crippen LogP contribution in [0.3, 0.4) is 0 Å². The van der Waals surface area contributed by atoms with E-state index < -0.39 is 0 Å². The molecule has 0 spiro atoms. The fraction of sp³-hybridized carbons (Fsp3) is 0.964. The van der Waals surface area contributed by atoms with Crippen LogP contribution in [0, 0.1) is 11.8 Å². The molecule has 0 rings (SSSR count). The first-order chi connectivity index (χ1) is 30.5. The van der Waals surface area contributed by atoms with Crippen LogP contribution in [-0.2, 0) is 19.1 Å². The molecule has 0 aromatic rings. The summed E-state index contributed by atoms with van der Waals surface area (Å²) >= 11 is 0. The topological polar surface area (TPSA) is 88.1 Å². The molecule has 370 valence electrons. The van der Waals surface area contributed by atoms with Crippen LogP contribution in [0.25, 0.3) is 0 Å². The Balaban J connectivity index is 4.18. The molecule has 2 N–H and O–H groups in total. The highest BCUT2D eigenvalue weighted by Crippen LogP contribution is 2.22. The minimum Gasteiger partial charge on any atom is -0.465 e. The molecule has 0 aliphatic carbocycles. The van der Waals surface area contributed by atoms with E-state index >= 15 is 0 Å². The van der Waals surface area contributed by atoms with Gasteiger partial charge in [-0.3, -0.25) is 9.59 Å². The minimum absolute atomic E-state index is 0.00140. The maximum Gasteiger partial charge on any atom is 0.305 e. The molecule has 0 aromatic carbocycles. The summed E-state index contributed by atoms with van der Waals surface area (Å²) < 4.78 is 11.7. The summed E-state index contributed by atoms with van der Waals surface area (Å²) in [5, 5.41) is 13.1. The van der Waals surface area contributed by atoms with Gasteiger partial charge in [0.2, 0.25) is 0 Å². The van der Waals surface area contributed by atoms with E-state index in [-0.39, 0.29) is 18.5 Å². The smallest absolute Gasteiger partial charge is 0.305 e. The van der Waals surface area contributed by atoms with Crippen molar-refractivity contribution in [2.24, 2.45) is 11.8 Å². The van der Waals surface area contributed by atoms with Gasteiger partial charge in [0.05, 0.1) is 13.2 Å². The second-order valence-corrected chi connectivity index (χ2v) is 19.3. The lowest BCUT2D eigenvalue weighted by Gasteiger charge is -2.22. The van der Waals surface area contributed by atoms with Crippen LogP contribution >= 0.6 is 0 Å². The van der Waals surface area contributed by atoms with Crippen LogP contribution in [0.5, 0.6) is 0 Å². The predicted molar refractivity (Wildman–Crippen MR) is 268 cm³/mol. The molecular formula is C55H110N2O5. The molecule has 0 fully saturated rings. The average Bonchev–Trinajstić information content (AvgIpc) is 3.27. The van der Waals surface area contributed by atoms with Crippen molar-refractivity contribution in [1.29, 1.82) is 0 Å². The number of carbonyl (C=O) groups is 2. The maximum absolute atomic E-state index is 12.7. The van der Waals surface area contributed by atoms with Crippen molar-refractivity contribution in [2.75, 3.05) is 52.5 Å². The number of hydrogen-bond donors (Lipinski definition) is 2. The van der Waals surface area contributed by atoms with E-state index in [4.69, 9.17) is 9.47 Å². The Morgan fingerprint density at radius 3 is 1.10 bits per heavy atom. The van der Waals surface area contributed by atoms with Crippen LogP contribution in [0.1, 0.15) is 278 Å². The van der Waals surface area contributed by atoms with Crippen molar-refractivity contribution in [2.45, 2.75) is 278 Å². The molecule has 0 aromatic heterocycles. The molecule has 0 saturated heterocycles. The summed E-state index contributed by atoms with van der Waals surface area (Å²) in [6.45, 7) is 15.6. The number of nitrogens with zero attached hydrogens (tertiary/aromatic N) is 1. The van der Waals surface area contributed by atoms with Crippen LogP contribution in [-0.4, -0.2) is 74.5 Å². The number of carbonyl (C=O) groups excluding carboxylic acids is 2. The highest BCUT2D eigenvalue weighted by molar-refractivity contribution is 5.69. The van der Waals surface area contributed by atoms with Crippen molar-refractivity contribution < 1.29 is 24.2 Å². The molecule has 62 heavy (non-hydrogen) atoms. The quantitative estimate of drug-likeness (QED) is 0.0465. The Hall–Kier alpha value is -1.18. The van der Waals surface area contributed by atoms with Gasteiger partial charge in [-0.15, -0.1) is 0 Å². The summed E-state index contributed by atoms with van der Waals surface area (Å²) in [6.07, 6.45) is 46.8. The molecule has 7 heteroatoms. The molecule has 0 aliphatic heterocycles. The fourth-order valence-electron chi connectivity index (χ4n) is 8.86. The number of aliphatic hydroxyl groups is 1. The van der Waals surface area contributed by atoms with Gasteiger partial charge < -0.3 is 24.8 Å². The van der Waals surface area contributed by atoms with Crippen LogP contribution in [0.2, 0.25) is 0 Å². The first-order valence-electron chi connectivity index (χ1n) is 27.9. The van der Waals surface area contributed by atoms with Gasteiger partial charge in [0.15, 0.2) is 0 Å². The lowest BCUT2D eigenvalue weighted by molar-refractivity contribution is -0.146. The third kappa shape index (κ3) is 45.4. The number of aliphatic hydroxyl groups excluding tert-OH is 1. The number of ether oxygens (including phenoxy) is 2. The van der Waals surface area contributed by atoms with Crippen LogP contribution in [0.15, 0.2) is 0 Å². The van der Waals surface area contributed by atoms with Gasteiger partial charge in [-0.25, -0.2) is 0 Å². The zero-order chi connectivity index (χ0) is 45.2. The lowest BCUT2D eigenvalue weighted by Crippen LogP contribution is -2.28.